The Morgan fingerprint density at radius 2 is 2.00 bits per heavy atom. The lowest BCUT2D eigenvalue weighted by Crippen LogP contribution is -2.28. The second-order valence-electron chi connectivity index (χ2n) is 6.93. The van der Waals surface area contributed by atoms with E-state index in [-0.39, 0.29) is 17.9 Å². The van der Waals surface area contributed by atoms with Gasteiger partial charge < -0.3 is 14.7 Å². The van der Waals surface area contributed by atoms with Crippen molar-refractivity contribution in [3.8, 4) is 5.75 Å². The van der Waals surface area contributed by atoms with Gasteiger partial charge in [0.25, 0.3) is 11.7 Å². The van der Waals surface area contributed by atoms with Crippen molar-refractivity contribution in [1.82, 2.24) is 9.88 Å². The first-order chi connectivity index (χ1) is 15.1. The molecule has 0 spiro atoms. The number of aliphatic hydroxyl groups is 1. The van der Waals surface area contributed by atoms with Crippen LogP contribution >= 0.6 is 11.3 Å². The highest BCUT2D eigenvalue weighted by Gasteiger charge is 2.46. The highest BCUT2D eigenvalue weighted by atomic mass is 32.1. The maximum Gasteiger partial charge on any atom is 0.295 e. The summed E-state index contributed by atoms with van der Waals surface area (Å²) in [5.74, 6) is -0.939. The highest BCUT2D eigenvalue weighted by Crippen LogP contribution is 2.41. The normalized spacial score (nSPS) is 17.7. The summed E-state index contributed by atoms with van der Waals surface area (Å²) in [7, 11) is 0. The Balaban J connectivity index is 1.75. The van der Waals surface area contributed by atoms with Gasteiger partial charge in [0.2, 0.25) is 0 Å². The van der Waals surface area contributed by atoms with E-state index in [9.17, 15) is 14.7 Å². The quantitative estimate of drug-likeness (QED) is 0.260. The van der Waals surface area contributed by atoms with Crippen LogP contribution in [0, 0.1) is 0 Å². The molecule has 2 aromatic heterocycles. The second kappa shape index (κ2) is 8.97. The number of pyridine rings is 1. The van der Waals surface area contributed by atoms with Crippen molar-refractivity contribution in [3.63, 3.8) is 0 Å². The lowest BCUT2D eigenvalue weighted by molar-refractivity contribution is -0.140. The second-order valence-corrected chi connectivity index (χ2v) is 7.91. The Bertz CT molecular complexity index is 1120. The number of hydrogen-bond donors (Lipinski definition) is 1. The Morgan fingerprint density at radius 1 is 1.19 bits per heavy atom. The van der Waals surface area contributed by atoms with E-state index in [1.165, 1.54) is 16.2 Å². The third kappa shape index (κ3) is 4.13. The number of aromatic nitrogens is 1. The van der Waals surface area contributed by atoms with Crippen molar-refractivity contribution in [1.29, 1.82) is 0 Å². The van der Waals surface area contributed by atoms with Gasteiger partial charge in [-0.3, -0.25) is 14.6 Å². The minimum atomic E-state index is -0.702. The fraction of sp³-hybridized carbons (Fsp3) is 0.125. The van der Waals surface area contributed by atoms with Crippen LogP contribution in [0.25, 0.3) is 5.76 Å². The number of thiophene rings is 1. The van der Waals surface area contributed by atoms with E-state index in [2.05, 4.69) is 11.6 Å². The Labute approximate surface area is 183 Å². The molecule has 0 bridgehead atoms. The zero-order chi connectivity index (χ0) is 21.8. The zero-order valence-electron chi connectivity index (χ0n) is 16.6. The first-order valence-electron chi connectivity index (χ1n) is 9.65. The number of hydrogen-bond acceptors (Lipinski definition) is 6. The van der Waals surface area contributed by atoms with Gasteiger partial charge in [-0.05, 0) is 47.3 Å². The molecular weight excluding hydrogens is 412 g/mol. The fourth-order valence-corrected chi connectivity index (χ4v) is 4.34. The topological polar surface area (TPSA) is 79.7 Å². The van der Waals surface area contributed by atoms with Gasteiger partial charge in [-0.2, -0.15) is 0 Å². The molecule has 0 unspecified atom stereocenters. The number of rotatable bonds is 7. The minimum Gasteiger partial charge on any atom is -0.507 e. The molecule has 6 nitrogen and oxygen atoms in total. The Morgan fingerprint density at radius 3 is 2.65 bits per heavy atom. The van der Waals surface area contributed by atoms with Crippen molar-refractivity contribution >= 4 is 28.8 Å². The predicted molar refractivity (Wildman–Crippen MR) is 119 cm³/mol. The molecule has 1 saturated heterocycles. The molecule has 1 aliphatic heterocycles. The first-order valence-corrected chi connectivity index (χ1v) is 10.5. The van der Waals surface area contributed by atoms with E-state index in [1.807, 2.05) is 23.6 Å². The number of carbonyl (C=O) groups is 2. The van der Waals surface area contributed by atoms with Crippen LogP contribution in [0.3, 0.4) is 0 Å². The van der Waals surface area contributed by atoms with Gasteiger partial charge in [0, 0.05) is 29.4 Å². The minimum absolute atomic E-state index is 0.0797. The summed E-state index contributed by atoms with van der Waals surface area (Å²) >= 11 is 1.43. The van der Waals surface area contributed by atoms with E-state index in [1.54, 1.807) is 48.8 Å². The molecule has 0 aliphatic carbocycles. The van der Waals surface area contributed by atoms with Gasteiger partial charge in [0.05, 0.1) is 11.6 Å². The summed E-state index contributed by atoms with van der Waals surface area (Å²) in [5, 5.41) is 12.9. The summed E-state index contributed by atoms with van der Waals surface area (Å²) in [6.07, 6.45) is 4.95. The van der Waals surface area contributed by atoms with Gasteiger partial charge in [-0.25, -0.2) is 0 Å². The summed E-state index contributed by atoms with van der Waals surface area (Å²) in [6, 6.07) is 13.4. The average molecular weight is 433 g/mol. The molecule has 1 aliphatic rings. The SMILES string of the molecule is C=CCOc1ccc(C(O)=C2C(=O)C(=O)N(Cc3cccnc3)[C@H]2c2cccs2)cc1. The third-order valence-corrected chi connectivity index (χ3v) is 5.85. The number of ether oxygens (including phenoxy) is 1. The molecule has 1 aromatic carbocycles. The molecule has 31 heavy (non-hydrogen) atoms. The number of carbonyl (C=O) groups excluding carboxylic acids is 2. The van der Waals surface area contributed by atoms with E-state index < -0.39 is 17.7 Å². The molecule has 3 aromatic rings. The summed E-state index contributed by atoms with van der Waals surface area (Å²) in [5.41, 5.74) is 1.32. The van der Waals surface area contributed by atoms with Crippen LogP contribution in [0.2, 0.25) is 0 Å². The summed E-state index contributed by atoms with van der Waals surface area (Å²) in [6.45, 7) is 4.19. The molecule has 1 N–H and O–H groups in total. The molecule has 156 valence electrons. The number of likely N-dealkylation sites (tertiary alicyclic amines) is 1. The number of ketones is 1. The van der Waals surface area contributed by atoms with E-state index in [0.717, 1.165) is 10.4 Å². The number of Topliss-reactive ketones (excluding diaryl/α,β-unsaturated/α-hetero) is 1. The fourth-order valence-electron chi connectivity index (χ4n) is 3.49. The van der Waals surface area contributed by atoms with Gasteiger partial charge in [0.1, 0.15) is 18.1 Å². The van der Waals surface area contributed by atoms with Crippen LogP contribution in [-0.4, -0.2) is 33.3 Å². The largest absolute Gasteiger partial charge is 0.507 e. The van der Waals surface area contributed by atoms with E-state index in [0.29, 0.717) is 17.9 Å². The van der Waals surface area contributed by atoms with Crippen LogP contribution in [-0.2, 0) is 16.1 Å². The molecule has 1 amide bonds. The van der Waals surface area contributed by atoms with Crippen LogP contribution < -0.4 is 4.74 Å². The Kier molecular flexibility index (Phi) is 5.95. The molecular formula is C24H20N2O4S. The molecule has 0 saturated carbocycles. The van der Waals surface area contributed by atoms with Crippen molar-refractivity contribution in [3.05, 3.63) is 101 Å². The van der Waals surface area contributed by atoms with Crippen LogP contribution in [0.1, 0.15) is 22.0 Å². The average Bonchev–Trinajstić information content (AvgIpc) is 3.41. The molecule has 1 fully saturated rings. The monoisotopic (exact) mass is 432 g/mol. The molecule has 4 rings (SSSR count). The van der Waals surface area contributed by atoms with Gasteiger partial charge >= 0.3 is 0 Å². The maximum absolute atomic E-state index is 13.0. The van der Waals surface area contributed by atoms with Gasteiger partial charge in [0.15, 0.2) is 0 Å². The third-order valence-electron chi connectivity index (χ3n) is 4.92. The van der Waals surface area contributed by atoms with Crippen LogP contribution in [0.5, 0.6) is 5.75 Å². The van der Waals surface area contributed by atoms with E-state index in [4.69, 9.17) is 4.74 Å². The Hall–Kier alpha value is -3.71. The lowest BCUT2D eigenvalue weighted by Gasteiger charge is -2.24. The highest BCUT2D eigenvalue weighted by molar-refractivity contribution is 7.10. The smallest absolute Gasteiger partial charge is 0.295 e. The summed E-state index contributed by atoms with van der Waals surface area (Å²) < 4.78 is 5.47. The predicted octanol–water partition coefficient (Wildman–Crippen LogP) is 4.33. The molecule has 0 radical (unpaired) electrons. The standard InChI is InChI=1S/C24H20N2O4S/c1-2-12-30-18-9-7-17(8-10-18)22(27)20-21(19-6-4-13-31-19)26(24(29)23(20)28)15-16-5-3-11-25-14-16/h2-11,13-14,21,27H,1,12,15H2/t21-/m0/s1. The van der Waals surface area contributed by atoms with E-state index >= 15 is 0 Å². The first kappa shape index (κ1) is 20.6. The van der Waals surface area contributed by atoms with Crippen molar-refractivity contribution in [2.24, 2.45) is 0 Å². The number of amides is 1. The maximum atomic E-state index is 13.0. The lowest BCUT2D eigenvalue weighted by atomic mass is 9.99. The van der Waals surface area contributed by atoms with Crippen LogP contribution in [0.4, 0.5) is 0 Å². The van der Waals surface area contributed by atoms with Crippen molar-refractivity contribution in [2.75, 3.05) is 6.61 Å². The summed E-state index contributed by atoms with van der Waals surface area (Å²) in [4.78, 5) is 32.3. The number of nitrogens with zero attached hydrogens (tertiary/aromatic N) is 2. The zero-order valence-corrected chi connectivity index (χ0v) is 17.4. The van der Waals surface area contributed by atoms with Crippen molar-refractivity contribution in [2.45, 2.75) is 12.6 Å². The molecule has 1 atom stereocenters. The number of aliphatic hydroxyl groups excluding tert-OH is 1. The number of benzene rings is 1. The van der Waals surface area contributed by atoms with Gasteiger partial charge in [-0.15, -0.1) is 11.3 Å². The van der Waals surface area contributed by atoms with Crippen LogP contribution in [0.15, 0.2) is 84.5 Å². The molecule has 3 heterocycles. The van der Waals surface area contributed by atoms with Crippen molar-refractivity contribution < 1.29 is 19.4 Å². The molecule has 7 heteroatoms. The van der Waals surface area contributed by atoms with Gasteiger partial charge in [-0.1, -0.05) is 24.8 Å².